The van der Waals surface area contributed by atoms with Gasteiger partial charge in [-0.1, -0.05) is 17.3 Å². The molecule has 9 nitrogen and oxygen atoms in total. The molecule has 2 aromatic carbocycles. The Morgan fingerprint density at radius 2 is 1.76 bits per heavy atom. The van der Waals surface area contributed by atoms with E-state index in [0.717, 1.165) is 0 Å². The van der Waals surface area contributed by atoms with Crippen molar-refractivity contribution in [2.45, 2.75) is 0 Å². The summed E-state index contributed by atoms with van der Waals surface area (Å²) in [6.07, 6.45) is 0. The third-order valence-corrected chi connectivity index (χ3v) is 4.76. The van der Waals surface area contributed by atoms with E-state index in [1.807, 2.05) is 6.07 Å². The van der Waals surface area contributed by atoms with Gasteiger partial charge in [0.2, 0.25) is 12.6 Å². The molecule has 0 spiro atoms. The molecule has 29 heavy (non-hydrogen) atoms. The average molecular weight is 459 g/mol. The average Bonchev–Trinajstić information content (AvgIpc) is 3.40. The summed E-state index contributed by atoms with van der Waals surface area (Å²) in [6.45, 7) is 0.613. The number of rotatable bonds is 6. The number of carbonyl (C=O) groups excluding carboxylic acids is 2. The van der Waals surface area contributed by atoms with Crippen LogP contribution in [0.1, 0.15) is 21.0 Å². The Kier molecular flexibility index (Phi) is 5.43. The summed E-state index contributed by atoms with van der Waals surface area (Å²) in [5.74, 6) is 0.540. The van der Waals surface area contributed by atoms with Gasteiger partial charge in [0.15, 0.2) is 11.5 Å². The number of halogens is 1. The number of ether oxygens (including phenoxy) is 2. The fourth-order valence-corrected chi connectivity index (χ4v) is 3.10. The lowest BCUT2D eigenvalue weighted by Gasteiger charge is -2.07. The minimum Gasteiger partial charge on any atom is -0.454 e. The fourth-order valence-electron chi connectivity index (χ4n) is 2.64. The molecule has 0 fully saturated rings. The van der Waals surface area contributed by atoms with Crippen LogP contribution in [-0.4, -0.2) is 41.8 Å². The maximum Gasteiger partial charge on any atom is 0.316 e. The first kappa shape index (κ1) is 18.9. The minimum absolute atomic E-state index is 0.163. The monoisotopic (exact) mass is 458 g/mol. The second-order valence-electron chi connectivity index (χ2n) is 5.98. The van der Waals surface area contributed by atoms with Gasteiger partial charge in [-0.25, -0.2) is 0 Å². The Hall–Kier alpha value is -3.40. The van der Waals surface area contributed by atoms with E-state index in [1.165, 1.54) is 0 Å². The van der Waals surface area contributed by atoms with Gasteiger partial charge in [0.05, 0.1) is 5.56 Å². The normalized spacial score (nSPS) is 11.9. The molecule has 3 aromatic rings. The van der Waals surface area contributed by atoms with E-state index in [2.05, 4.69) is 36.7 Å². The first-order chi connectivity index (χ1) is 14.1. The van der Waals surface area contributed by atoms with Gasteiger partial charge in [-0.15, -0.1) is 0 Å². The van der Waals surface area contributed by atoms with Crippen molar-refractivity contribution < 1.29 is 23.6 Å². The topological polar surface area (TPSA) is 116 Å². The van der Waals surface area contributed by atoms with Crippen molar-refractivity contribution in [2.24, 2.45) is 0 Å². The summed E-state index contributed by atoms with van der Waals surface area (Å²) in [7, 11) is 0. The molecule has 148 valence electrons. The first-order valence-corrected chi connectivity index (χ1v) is 9.46. The summed E-state index contributed by atoms with van der Waals surface area (Å²) in [5, 5.41) is 9.17. The van der Waals surface area contributed by atoms with Crippen LogP contribution in [0, 0.1) is 0 Å². The van der Waals surface area contributed by atoms with Crippen molar-refractivity contribution in [3.63, 3.8) is 0 Å². The molecular formula is C19H15BrN4O5. The van der Waals surface area contributed by atoms with Crippen LogP contribution in [0.5, 0.6) is 11.5 Å². The quantitative estimate of drug-likeness (QED) is 0.544. The van der Waals surface area contributed by atoms with Crippen molar-refractivity contribution >= 4 is 27.7 Å². The summed E-state index contributed by atoms with van der Waals surface area (Å²) in [6, 6.07) is 12.3. The summed E-state index contributed by atoms with van der Waals surface area (Å²) < 4.78 is 16.3. The number of aromatic nitrogens is 2. The molecule has 10 heteroatoms. The number of amides is 2. The second kappa shape index (κ2) is 8.31. The zero-order valence-corrected chi connectivity index (χ0v) is 16.6. The summed E-state index contributed by atoms with van der Waals surface area (Å²) in [5.41, 5.74) is 1.15. The maximum atomic E-state index is 12.2. The zero-order chi connectivity index (χ0) is 20.2. The summed E-state index contributed by atoms with van der Waals surface area (Å²) >= 11 is 3.32. The van der Waals surface area contributed by atoms with Crippen LogP contribution >= 0.6 is 15.9 Å². The molecule has 0 saturated heterocycles. The molecule has 2 N–H and O–H groups in total. The highest BCUT2D eigenvalue weighted by Crippen LogP contribution is 2.35. The van der Waals surface area contributed by atoms with Gasteiger partial charge >= 0.3 is 11.8 Å². The number of nitrogens with zero attached hydrogens (tertiary/aromatic N) is 2. The van der Waals surface area contributed by atoms with Gasteiger partial charge in [0, 0.05) is 23.1 Å². The molecular weight excluding hydrogens is 444 g/mol. The largest absolute Gasteiger partial charge is 0.454 e. The molecule has 1 aliphatic rings. The molecule has 0 saturated carbocycles. The lowest BCUT2D eigenvalue weighted by Crippen LogP contribution is -2.34. The lowest BCUT2D eigenvalue weighted by atomic mass is 10.2. The van der Waals surface area contributed by atoms with Crippen molar-refractivity contribution in [1.29, 1.82) is 0 Å². The molecule has 0 radical (unpaired) electrons. The van der Waals surface area contributed by atoms with E-state index < -0.39 is 5.91 Å². The number of hydrogen-bond donors (Lipinski definition) is 2. The zero-order valence-electron chi connectivity index (χ0n) is 15.0. The van der Waals surface area contributed by atoms with Gasteiger partial charge in [-0.2, -0.15) is 4.98 Å². The molecule has 4 rings (SSSR count). The predicted octanol–water partition coefficient (Wildman–Crippen LogP) is 2.39. The van der Waals surface area contributed by atoms with Crippen LogP contribution in [0.4, 0.5) is 0 Å². The second-order valence-corrected chi connectivity index (χ2v) is 6.84. The number of benzene rings is 2. The third-order valence-electron chi connectivity index (χ3n) is 4.07. The lowest BCUT2D eigenvalue weighted by molar-refractivity contribution is 0.0898. The SMILES string of the molecule is O=C(NCCNC(=O)c1ccccc1Br)c1nc(-c2ccc3c(c2)OCO3)no1. The number of fused-ring (bicyclic) bond motifs is 1. The predicted molar refractivity (Wildman–Crippen MR) is 105 cm³/mol. The Morgan fingerprint density at radius 3 is 2.59 bits per heavy atom. The van der Waals surface area contributed by atoms with E-state index in [9.17, 15) is 9.59 Å². The van der Waals surface area contributed by atoms with Gasteiger partial charge in [-0.05, 0) is 46.3 Å². The summed E-state index contributed by atoms with van der Waals surface area (Å²) in [4.78, 5) is 28.4. The van der Waals surface area contributed by atoms with Crippen LogP contribution < -0.4 is 20.1 Å². The Bertz CT molecular complexity index is 1070. The van der Waals surface area contributed by atoms with Crippen molar-refractivity contribution in [3.05, 3.63) is 58.4 Å². The first-order valence-electron chi connectivity index (χ1n) is 8.66. The Labute approximate surface area is 173 Å². The Morgan fingerprint density at radius 1 is 1.00 bits per heavy atom. The third kappa shape index (κ3) is 4.21. The molecule has 0 atom stereocenters. The van der Waals surface area contributed by atoms with Crippen molar-refractivity contribution in [3.8, 4) is 22.9 Å². The standard InChI is InChI=1S/C19H15BrN4O5/c20-13-4-2-1-3-12(13)17(25)21-7-8-22-18(26)19-23-16(24-29-19)11-5-6-14-15(9-11)28-10-27-14/h1-6,9H,7-8,10H2,(H,21,25)(H,22,26). The highest BCUT2D eigenvalue weighted by Gasteiger charge is 2.19. The fraction of sp³-hybridized carbons (Fsp3) is 0.158. The van der Waals surface area contributed by atoms with Crippen LogP contribution in [-0.2, 0) is 0 Å². The minimum atomic E-state index is -0.528. The van der Waals surface area contributed by atoms with E-state index in [4.69, 9.17) is 14.0 Å². The van der Waals surface area contributed by atoms with Gasteiger partial charge in [-0.3, -0.25) is 9.59 Å². The van der Waals surface area contributed by atoms with Crippen LogP contribution in [0.2, 0.25) is 0 Å². The molecule has 2 amide bonds. The van der Waals surface area contributed by atoms with Gasteiger partial charge < -0.3 is 24.6 Å². The maximum absolute atomic E-state index is 12.2. The van der Waals surface area contributed by atoms with E-state index in [0.29, 0.717) is 27.1 Å². The van der Waals surface area contributed by atoms with Crippen LogP contribution in [0.3, 0.4) is 0 Å². The number of carbonyl (C=O) groups is 2. The smallest absolute Gasteiger partial charge is 0.316 e. The van der Waals surface area contributed by atoms with Crippen molar-refractivity contribution in [1.82, 2.24) is 20.8 Å². The molecule has 1 aliphatic heterocycles. The molecule has 2 heterocycles. The highest BCUT2D eigenvalue weighted by molar-refractivity contribution is 9.10. The molecule has 0 unspecified atom stereocenters. The van der Waals surface area contributed by atoms with Gasteiger partial charge in [0.1, 0.15) is 0 Å². The van der Waals surface area contributed by atoms with E-state index in [1.54, 1.807) is 36.4 Å². The van der Waals surface area contributed by atoms with E-state index in [-0.39, 0.29) is 37.5 Å². The van der Waals surface area contributed by atoms with Crippen LogP contribution in [0.15, 0.2) is 51.5 Å². The van der Waals surface area contributed by atoms with E-state index >= 15 is 0 Å². The number of nitrogens with one attached hydrogen (secondary N) is 2. The molecule has 1 aromatic heterocycles. The van der Waals surface area contributed by atoms with Crippen LogP contribution in [0.25, 0.3) is 11.4 Å². The number of hydrogen-bond acceptors (Lipinski definition) is 7. The van der Waals surface area contributed by atoms with Gasteiger partial charge in [0.25, 0.3) is 5.91 Å². The molecule has 0 aliphatic carbocycles. The Balaban J connectivity index is 1.30. The highest BCUT2D eigenvalue weighted by atomic mass is 79.9. The molecule has 0 bridgehead atoms. The van der Waals surface area contributed by atoms with Crippen molar-refractivity contribution in [2.75, 3.05) is 19.9 Å².